The minimum absolute atomic E-state index is 0.0715. The molecule has 0 spiro atoms. The lowest BCUT2D eigenvalue weighted by molar-refractivity contribution is -0.116. The number of amides is 1. The fourth-order valence-corrected chi connectivity index (χ4v) is 3.56. The van der Waals surface area contributed by atoms with E-state index in [1.54, 1.807) is 55.3 Å². The van der Waals surface area contributed by atoms with E-state index in [0.717, 1.165) is 5.56 Å². The lowest BCUT2D eigenvalue weighted by Crippen LogP contribution is -2.26. The molecule has 35 heavy (non-hydrogen) atoms. The second-order valence-corrected chi connectivity index (χ2v) is 7.61. The SMILES string of the molecule is COc1ccc(/C=C\C(=O)NCCn2ncc3c(=O)n(Cc4ccccc4F)cnc32)cc1OC. The zero-order valence-corrected chi connectivity index (χ0v) is 19.3. The highest BCUT2D eigenvalue weighted by atomic mass is 19.1. The molecule has 0 saturated heterocycles. The quantitative estimate of drug-likeness (QED) is 0.372. The van der Waals surface area contributed by atoms with Crippen molar-refractivity contribution < 1.29 is 18.7 Å². The highest BCUT2D eigenvalue weighted by molar-refractivity contribution is 5.91. The molecule has 2 aromatic carbocycles. The number of methoxy groups -OCH3 is 2. The normalized spacial score (nSPS) is 11.2. The maximum Gasteiger partial charge on any atom is 0.264 e. The Balaban J connectivity index is 1.37. The Morgan fingerprint density at radius 2 is 1.94 bits per heavy atom. The number of ether oxygens (including phenoxy) is 2. The lowest BCUT2D eigenvalue weighted by Gasteiger charge is -2.08. The molecule has 2 aromatic heterocycles. The van der Waals surface area contributed by atoms with Crippen LogP contribution >= 0.6 is 0 Å². The first kappa shape index (κ1) is 23.7. The number of hydrogen-bond donors (Lipinski definition) is 1. The van der Waals surface area contributed by atoms with Crippen molar-refractivity contribution in [2.75, 3.05) is 20.8 Å². The number of fused-ring (bicyclic) bond motifs is 1. The van der Waals surface area contributed by atoms with Crippen LogP contribution < -0.4 is 20.3 Å². The summed E-state index contributed by atoms with van der Waals surface area (Å²) in [7, 11) is 3.10. The molecule has 0 saturated carbocycles. The van der Waals surface area contributed by atoms with Crippen molar-refractivity contribution in [1.29, 1.82) is 0 Å². The molecule has 0 radical (unpaired) electrons. The summed E-state index contributed by atoms with van der Waals surface area (Å²) in [6, 6.07) is 11.6. The number of aromatic nitrogens is 4. The lowest BCUT2D eigenvalue weighted by atomic mass is 10.2. The van der Waals surface area contributed by atoms with Crippen LogP contribution in [-0.2, 0) is 17.9 Å². The summed E-state index contributed by atoms with van der Waals surface area (Å²) in [5, 5.41) is 7.32. The molecule has 0 fully saturated rings. The van der Waals surface area contributed by atoms with Crippen LogP contribution in [-0.4, -0.2) is 46.0 Å². The predicted molar refractivity (Wildman–Crippen MR) is 129 cm³/mol. The summed E-state index contributed by atoms with van der Waals surface area (Å²) in [5.41, 5.74) is 1.26. The molecular formula is C25H24FN5O4. The van der Waals surface area contributed by atoms with Crippen LogP contribution in [0, 0.1) is 5.82 Å². The van der Waals surface area contributed by atoms with Gasteiger partial charge in [0.15, 0.2) is 17.1 Å². The predicted octanol–water partition coefficient (Wildman–Crippen LogP) is 2.63. The fraction of sp³-hybridized carbons (Fsp3) is 0.200. The van der Waals surface area contributed by atoms with E-state index in [-0.39, 0.29) is 30.4 Å². The van der Waals surface area contributed by atoms with Crippen LogP contribution in [0.25, 0.3) is 17.1 Å². The van der Waals surface area contributed by atoms with Crippen molar-refractivity contribution in [3.05, 3.63) is 88.4 Å². The molecule has 4 rings (SSSR count). The van der Waals surface area contributed by atoms with Gasteiger partial charge in [-0.3, -0.25) is 14.2 Å². The summed E-state index contributed by atoms with van der Waals surface area (Å²) >= 11 is 0. The zero-order valence-electron chi connectivity index (χ0n) is 19.3. The number of nitrogens with zero attached hydrogens (tertiary/aromatic N) is 4. The molecule has 2 heterocycles. The van der Waals surface area contributed by atoms with Gasteiger partial charge in [0.1, 0.15) is 17.5 Å². The molecule has 0 bridgehead atoms. The molecule has 0 aliphatic heterocycles. The first-order valence-electron chi connectivity index (χ1n) is 10.8. The number of carbonyl (C=O) groups excluding carboxylic acids is 1. The fourth-order valence-electron chi connectivity index (χ4n) is 3.56. The second-order valence-electron chi connectivity index (χ2n) is 7.61. The highest BCUT2D eigenvalue weighted by Gasteiger charge is 2.12. The Morgan fingerprint density at radius 1 is 1.14 bits per heavy atom. The van der Waals surface area contributed by atoms with Crippen molar-refractivity contribution in [2.24, 2.45) is 0 Å². The van der Waals surface area contributed by atoms with Crippen LogP contribution in [0.1, 0.15) is 11.1 Å². The topological polar surface area (TPSA) is 100 Å². The van der Waals surface area contributed by atoms with E-state index in [4.69, 9.17) is 9.47 Å². The van der Waals surface area contributed by atoms with Gasteiger partial charge >= 0.3 is 0 Å². The number of rotatable bonds is 9. The van der Waals surface area contributed by atoms with Crippen LogP contribution in [0.2, 0.25) is 0 Å². The van der Waals surface area contributed by atoms with Gasteiger partial charge in [0.25, 0.3) is 5.56 Å². The number of carbonyl (C=O) groups is 1. The second kappa shape index (κ2) is 10.6. The van der Waals surface area contributed by atoms with Crippen LogP contribution in [0.3, 0.4) is 0 Å². The van der Waals surface area contributed by atoms with Gasteiger partial charge in [-0.15, -0.1) is 0 Å². The maximum absolute atomic E-state index is 13.9. The number of hydrogen-bond acceptors (Lipinski definition) is 6. The molecule has 180 valence electrons. The van der Waals surface area contributed by atoms with E-state index in [0.29, 0.717) is 34.6 Å². The summed E-state index contributed by atoms with van der Waals surface area (Å²) in [6.07, 6.45) is 5.89. The zero-order chi connectivity index (χ0) is 24.8. The van der Waals surface area contributed by atoms with Gasteiger partial charge in [-0.05, 0) is 29.8 Å². The van der Waals surface area contributed by atoms with E-state index in [1.165, 1.54) is 29.2 Å². The first-order chi connectivity index (χ1) is 17.0. The highest BCUT2D eigenvalue weighted by Crippen LogP contribution is 2.27. The van der Waals surface area contributed by atoms with Crippen molar-refractivity contribution in [3.8, 4) is 11.5 Å². The smallest absolute Gasteiger partial charge is 0.264 e. The average Bonchev–Trinajstić information content (AvgIpc) is 3.29. The van der Waals surface area contributed by atoms with Gasteiger partial charge in [0, 0.05) is 18.2 Å². The Hall–Kier alpha value is -4.47. The Bertz CT molecular complexity index is 1440. The largest absolute Gasteiger partial charge is 0.493 e. The summed E-state index contributed by atoms with van der Waals surface area (Å²) < 4.78 is 27.3. The molecule has 10 heteroatoms. The molecule has 1 N–H and O–H groups in total. The van der Waals surface area contributed by atoms with Crippen molar-refractivity contribution in [1.82, 2.24) is 24.6 Å². The van der Waals surface area contributed by atoms with Crippen LogP contribution in [0.4, 0.5) is 4.39 Å². The van der Waals surface area contributed by atoms with Gasteiger partial charge in [0.05, 0.1) is 33.5 Å². The van der Waals surface area contributed by atoms with Gasteiger partial charge < -0.3 is 14.8 Å². The summed E-state index contributed by atoms with van der Waals surface area (Å²) in [4.78, 5) is 29.3. The molecule has 0 unspecified atom stereocenters. The minimum Gasteiger partial charge on any atom is -0.493 e. The van der Waals surface area contributed by atoms with Gasteiger partial charge in [-0.1, -0.05) is 24.3 Å². The summed E-state index contributed by atoms with van der Waals surface area (Å²) in [5.74, 6) is 0.511. The van der Waals surface area contributed by atoms with E-state index in [9.17, 15) is 14.0 Å². The van der Waals surface area contributed by atoms with Crippen molar-refractivity contribution in [3.63, 3.8) is 0 Å². The molecule has 1 amide bonds. The number of benzene rings is 2. The standard InChI is InChI=1S/C25H24FN5O4/c1-34-21-9-7-17(13-22(21)35-2)8-10-23(32)27-11-12-31-24-19(14-29-31)25(33)30(16-28-24)15-18-5-3-4-6-20(18)26/h3-10,13-14,16H,11-12,15H2,1-2H3,(H,27,32)/b10-8-. The average molecular weight is 477 g/mol. The third-order valence-corrected chi connectivity index (χ3v) is 5.38. The first-order valence-corrected chi connectivity index (χ1v) is 10.8. The molecule has 4 aromatic rings. The van der Waals surface area contributed by atoms with E-state index in [1.807, 2.05) is 6.07 Å². The minimum atomic E-state index is -0.383. The van der Waals surface area contributed by atoms with Crippen molar-refractivity contribution in [2.45, 2.75) is 13.1 Å². The van der Waals surface area contributed by atoms with Crippen molar-refractivity contribution >= 4 is 23.0 Å². The summed E-state index contributed by atoms with van der Waals surface area (Å²) in [6.45, 7) is 0.678. The Morgan fingerprint density at radius 3 is 2.71 bits per heavy atom. The number of nitrogens with one attached hydrogen (secondary N) is 1. The molecule has 0 aliphatic rings. The van der Waals surface area contributed by atoms with Gasteiger partial charge in [0.2, 0.25) is 5.91 Å². The number of halogens is 1. The molecule has 0 aliphatic carbocycles. The van der Waals surface area contributed by atoms with Gasteiger partial charge in [-0.2, -0.15) is 5.10 Å². The molecule has 0 atom stereocenters. The Labute approximate surface area is 200 Å². The van der Waals surface area contributed by atoms with E-state index < -0.39 is 0 Å². The molecular weight excluding hydrogens is 453 g/mol. The van der Waals surface area contributed by atoms with Crippen LogP contribution in [0.15, 0.2) is 65.9 Å². The van der Waals surface area contributed by atoms with Gasteiger partial charge in [-0.25, -0.2) is 14.1 Å². The maximum atomic E-state index is 13.9. The monoisotopic (exact) mass is 477 g/mol. The van der Waals surface area contributed by atoms with Crippen LogP contribution in [0.5, 0.6) is 11.5 Å². The third kappa shape index (κ3) is 5.37. The van der Waals surface area contributed by atoms with E-state index in [2.05, 4.69) is 15.4 Å². The Kier molecular flexibility index (Phi) is 7.20. The van der Waals surface area contributed by atoms with E-state index >= 15 is 0 Å². The third-order valence-electron chi connectivity index (χ3n) is 5.38. The molecule has 9 nitrogen and oxygen atoms in total.